The van der Waals surface area contributed by atoms with Gasteiger partial charge in [0.25, 0.3) is 0 Å². The second kappa shape index (κ2) is 4.99. The fraction of sp³-hybridized carbons (Fsp3) is 0.471. The third-order valence-corrected chi connectivity index (χ3v) is 7.27. The van der Waals surface area contributed by atoms with Crippen molar-refractivity contribution in [3.05, 3.63) is 42.0 Å². The third-order valence-electron chi connectivity index (χ3n) is 5.05. The van der Waals surface area contributed by atoms with Crippen molar-refractivity contribution in [1.82, 2.24) is 0 Å². The highest BCUT2D eigenvalue weighted by molar-refractivity contribution is 7.92. The molecule has 1 fully saturated rings. The van der Waals surface area contributed by atoms with E-state index in [-0.39, 0.29) is 23.7 Å². The van der Waals surface area contributed by atoms with E-state index < -0.39 is 15.1 Å². The van der Waals surface area contributed by atoms with Gasteiger partial charge in [-0.05, 0) is 50.2 Å². The highest BCUT2D eigenvalue weighted by atomic mass is 32.2. The number of hydrogen-bond acceptors (Lipinski definition) is 3. The Labute approximate surface area is 126 Å². The van der Waals surface area contributed by atoms with Gasteiger partial charge >= 0.3 is 0 Å². The molecule has 3 nitrogen and oxygen atoms in total. The summed E-state index contributed by atoms with van der Waals surface area (Å²) in [6, 6.07) is 9.33. The van der Waals surface area contributed by atoms with Crippen LogP contribution in [0.5, 0.6) is 0 Å². The number of rotatable bonds is 3. The SMILES string of the molecule is Cc1ccc(S(=O)(=O)[C@@H](C)[C@H]2[C@@H](C#N)[C@@H]3C=C[C@H]2C3)cc1. The molecular weight excluding hydrogens is 282 g/mol. The largest absolute Gasteiger partial charge is 0.223 e. The molecule has 5 atom stereocenters. The zero-order chi connectivity index (χ0) is 15.2. The first kappa shape index (κ1) is 14.3. The molecule has 2 aliphatic rings. The van der Waals surface area contributed by atoms with Crippen LogP contribution in [0.2, 0.25) is 0 Å². The van der Waals surface area contributed by atoms with E-state index in [2.05, 4.69) is 18.2 Å². The van der Waals surface area contributed by atoms with E-state index in [1.807, 2.05) is 19.1 Å². The molecule has 21 heavy (non-hydrogen) atoms. The van der Waals surface area contributed by atoms with E-state index in [0.717, 1.165) is 12.0 Å². The molecule has 3 rings (SSSR count). The first-order valence-electron chi connectivity index (χ1n) is 7.33. The van der Waals surface area contributed by atoms with Crippen LogP contribution in [0.4, 0.5) is 0 Å². The number of allylic oxidation sites excluding steroid dienone is 2. The lowest BCUT2D eigenvalue weighted by Gasteiger charge is -2.28. The Balaban J connectivity index is 1.94. The molecule has 1 saturated carbocycles. The summed E-state index contributed by atoms with van der Waals surface area (Å²) in [5.74, 6) is 0.210. The van der Waals surface area contributed by atoms with E-state index in [1.54, 1.807) is 19.1 Å². The Hall–Kier alpha value is -1.60. The number of nitrogens with zero attached hydrogens (tertiary/aromatic N) is 1. The molecular formula is C17H19NO2S. The van der Waals surface area contributed by atoms with E-state index >= 15 is 0 Å². The molecule has 2 aliphatic carbocycles. The summed E-state index contributed by atoms with van der Waals surface area (Å²) in [5, 5.41) is 8.88. The maximum absolute atomic E-state index is 12.8. The van der Waals surface area contributed by atoms with Gasteiger partial charge in [-0.1, -0.05) is 29.8 Å². The van der Waals surface area contributed by atoms with Crippen molar-refractivity contribution in [3.8, 4) is 6.07 Å². The monoisotopic (exact) mass is 301 g/mol. The van der Waals surface area contributed by atoms with Gasteiger partial charge in [-0.15, -0.1) is 0 Å². The summed E-state index contributed by atoms with van der Waals surface area (Å²) in [7, 11) is -3.39. The van der Waals surface area contributed by atoms with Gasteiger partial charge < -0.3 is 0 Å². The molecule has 0 unspecified atom stereocenters. The molecule has 0 aromatic heterocycles. The second-order valence-electron chi connectivity index (χ2n) is 6.24. The molecule has 0 saturated heterocycles. The number of aryl methyl sites for hydroxylation is 1. The predicted molar refractivity (Wildman–Crippen MR) is 81.2 cm³/mol. The van der Waals surface area contributed by atoms with Gasteiger partial charge in [0.05, 0.1) is 22.1 Å². The maximum Gasteiger partial charge on any atom is 0.181 e. The lowest BCUT2D eigenvalue weighted by Crippen LogP contribution is -2.34. The van der Waals surface area contributed by atoms with Crippen LogP contribution in [-0.4, -0.2) is 13.7 Å². The average Bonchev–Trinajstić information content (AvgIpc) is 3.07. The Morgan fingerprint density at radius 2 is 1.81 bits per heavy atom. The topological polar surface area (TPSA) is 57.9 Å². The number of nitriles is 1. The summed E-state index contributed by atoms with van der Waals surface area (Å²) in [6.45, 7) is 3.70. The zero-order valence-corrected chi connectivity index (χ0v) is 13.0. The van der Waals surface area contributed by atoms with Gasteiger partial charge in [0.1, 0.15) is 0 Å². The molecule has 0 spiro atoms. The lowest BCUT2D eigenvalue weighted by molar-refractivity contribution is 0.363. The molecule has 0 N–H and O–H groups in total. The minimum atomic E-state index is -3.39. The standard InChI is InChI=1S/C17H19NO2S/c1-11-3-7-15(8-4-11)21(19,20)12(2)17-14-6-5-13(9-14)16(17)10-18/h3-8,12-14,16-17H,9H2,1-2H3/t12-,13+,14-,16-,17+/m0/s1. The van der Waals surface area contributed by atoms with Crippen molar-refractivity contribution in [3.63, 3.8) is 0 Å². The molecule has 0 radical (unpaired) electrons. The lowest BCUT2D eigenvalue weighted by atomic mass is 9.82. The average molecular weight is 301 g/mol. The van der Waals surface area contributed by atoms with Gasteiger partial charge in [-0.3, -0.25) is 0 Å². The molecule has 0 heterocycles. The van der Waals surface area contributed by atoms with Crippen LogP contribution >= 0.6 is 0 Å². The molecule has 1 aromatic rings. The van der Waals surface area contributed by atoms with Gasteiger partial charge in [0.15, 0.2) is 9.84 Å². The van der Waals surface area contributed by atoms with Crippen molar-refractivity contribution in [2.24, 2.45) is 23.7 Å². The summed E-state index contributed by atoms with van der Waals surface area (Å²) in [6.07, 6.45) is 5.11. The van der Waals surface area contributed by atoms with Crippen LogP contribution in [0.1, 0.15) is 18.9 Å². The van der Waals surface area contributed by atoms with Crippen LogP contribution in [0, 0.1) is 41.9 Å². The van der Waals surface area contributed by atoms with Gasteiger partial charge in [-0.2, -0.15) is 5.26 Å². The predicted octanol–water partition coefficient (Wildman–Crippen LogP) is 3.12. The number of hydrogen-bond donors (Lipinski definition) is 0. The zero-order valence-electron chi connectivity index (χ0n) is 12.2. The van der Waals surface area contributed by atoms with Crippen LogP contribution in [-0.2, 0) is 9.84 Å². The van der Waals surface area contributed by atoms with Crippen LogP contribution in [0.3, 0.4) is 0 Å². The van der Waals surface area contributed by atoms with Crippen LogP contribution in [0.15, 0.2) is 41.3 Å². The second-order valence-corrected chi connectivity index (χ2v) is 8.55. The van der Waals surface area contributed by atoms with E-state index in [9.17, 15) is 13.7 Å². The fourth-order valence-corrected chi connectivity index (χ4v) is 5.56. The molecule has 2 bridgehead atoms. The Kier molecular flexibility index (Phi) is 3.41. The highest BCUT2D eigenvalue weighted by Gasteiger charge is 2.50. The number of benzene rings is 1. The number of fused-ring (bicyclic) bond motifs is 2. The van der Waals surface area contributed by atoms with Gasteiger partial charge in [0, 0.05) is 0 Å². The molecule has 1 aromatic carbocycles. The van der Waals surface area contributed by atoms with E-state index in [0.29, 0.717) is 4.90 Å². The third kappa shape index (κ3) is 2.20. The summed E-state index contributed by atoms with van der Waals surface area (Å²) in [4.78, 5) is 0.365. The Morgan fingerprint density at radius 3 is 2.43 bits per heavy atom. The molecule has 0 aliphatic heterocycles. The summed E-state index contributed by atoms with van der Waals surface area (Å²) in [5.41, 5.74) is 1.04. The van der Waals surface area contributed by atoms with Crippen molar-refractivity contribution in [2.45, 2.75) is 30.4 Å². The summed E-state index contributed by atoms with van der Waals surface area (Å²) < 4.78 is 25.7. The quantitative estimate of drug-likeness (QED) is 0.806. The van der Waals surface area contributed by atoms with E-state index in [1.165, 1.54) is 0 Å². The normalized spacial score (nSPS) is 32.0. The van der Waals surface area contributed by atoms with Crippen LogP contribution in [0.25, 0.3) is 0 Å². The minimum absolute atomic E-state index is 0.0868. The van der Waals surface area contributed by atoms with Crippen molar-refractivity contribution < 1.29 is 8.42 Å². The molecule has 0 amide bonds. The smallest absolute Gasteiger partial charge is 0.181 e. The van der Waals surface area contributed by atoms with Crippen molar-refractivity contribution in [2.75, 3.05) is 0 Å². The minimum Gasteiger partial charge on any atom is -0.223 e. The van der Waals surface area contributed by atoms with Crippen LogP contribution < -0.4 is 0 Å². The van der Waals surface area contributed by atoms with Crippen molar-refractivity contribution >= 4 is 9.84 Å². The first-order chi connectivity index (χ1) is 9.95. The molecule has 110 valence electrons. The number of sulfone groups is 1. The molecule has 4 heteroatoms. The van der Waals surface area contributed by atoms with E-state index in [4.69, 9.17) is 0 Å². The summed E-state index contributed by atoms with van der Waals surface area (Å²) >= 11 is 0. The van der Waals surface area contributed by atoms with Gasteiger partial charge in [0.2, 0.25) is 0 Å². The maximum atomic E-state index is 12.8. The first-order valence-corrected chi connectivity index (χ1v) is 8.88. The fourth-order valence-electron chi connectivity index (χ4n) is 3.83. The Bertz CT molecular complexity index is 712. The van der Waals surface area contributed by atoms with Crippen molar-refractivity contribution in [1.29, 1.82) is 5.26 Å². The Morgan fingerprint density at radius 1 is 1.19 bits per heavy atom. The van der Waals surface area contributed by atoms with Gasteiger partial charge in [-0.25, -0.2) is 8.42 Å². The highest BCUT2D eigenvalue weighted by Crippen LogP contribution is 2.50.